The highest BCUT2D eigenvalue weighted by molar-refractivity contribution is 7.99. The van der Waals surface area contributed by atoms with Crippen LogP contribution in [0.2, 0.25) is 0 Å². The van der Waals surface area contributed by atoms with E-state index in [9.17, 15) is 18.4 Å². The second-order valence-corrected chi connectivity index (χ2v) is 6.67. The molecule has 0 saturated heterocycles. The van der Waals surface area contributed by atoms with E-state index in [1.807, 2.05) is 6.07 Å². The third-order valence-corrected chi connectivity index (χ3v) is 4.69. The molecule has 26 heavy (non-hydrogen) atoms. The molecule has 2 N–H and O–H groups in total. The number of benzene rings is 1. The first-order valence-electron chi connectivity index (χ1n) is 7.79. The zero-order chi connectivity index (χ0) is 19.3. The number of aryl methyl sites for hydroxylation is 1. The van der Waals surface area contributed by atoms with Crippen LogP contribution in [0.25, 0.3) is 0 Å². The number of carbonyl (C=O) groups is 2. The van der Waals surface area contributed by atoms with Gasteiger partial charge in [0.05, 0.1) is 17.9 Å². The van der Waals surface area contributed by atoms with Gasteiger partial charge in [-0.05, 0) is 31.5 Å². The van der Waals surface area contributed by atoms with Crippen LogP contribution in [0.3, 0.4) is 0 Å². The second-order valence-electron chi connectivity index (χ2n) is 5.68. The fourth-order valence-electron chi connectivity index (χ4n) is 2.50. The van der Waals surface area contributed by atoms with Gasteiger partial charge in [0.1, 0.15) is 0 Å². The number of alkyl halides is 2. The van der Waals surface area contributed by atoms with Crippen LogP contribution in [-0.4, -0.2) is 32.5 Å². The van der Waals surface area contributed by atoms with Crippen molar-refractivity contribution in [3.8, 4) is 0 Å². The topological polar surface area (TPSA) is 84.2 Å². The van der Waals surface area contributed by atoms with Gasteiger partial charge in [-0.3, -0.25) is 9.59 Å². The molecule has 1 aromatic heterocycles. The number of aromatic nitrogens is 2. The van der Waals surface area contributed by atoms with Crippen molar-refractivity contribution in [3.63, 3.8) is 0 Å². The van der Waals surface area contributed by atoms with Crippen LogP contribution in [0.4, 0.5) is 14.5 Å². The van der Waals surface area contributed by atoms with E-state index in [0.29, 0.717) is 27.4 Å². The van der Waals surface area contributed by atoms with E-state index in [2.05, 4.69) is 10.4 Å². The summed E-state index contributed by atoms with van der Waals surface area (Å²) in [5, 5.41) is 15.2. The maximum absolute atomic E-state index is 12.9. The number of carbonyl (C=O) groups excluding carboxylic acids is 1. The van der Waals surface area contributed by atoms with Crippen molar-refractivity contribution in [2.45, 2.75) is 32.6 Å². The number of hydrogen-bond donors (Lipinski definition) is 2. The third-order valence-electron chi connectivity index (χ3n) is 3.70. The van der Waals surface area contributed by atoms with Crippen molar-refractivity contribution in [3.05, 3.63) is 46.8 Å². The summed E-state index contributed by atoms with van der Waals surface area (Å²) in [4.78, 5) is 22.8. The largest absolute Gasteiger partial charge is 0.481 e. The summed E-state index contributed by atoms with van der Waals surface area (Å²) in [7, 11) is 0. The van der Waals surface area contributed by atoms with Crippen molar-refractivity contribution in [1.29, 1.82) is 0 Å². The highest BCUT2D eigenvalue weighted by atomic mass is 32.2. The van der Waals surface area contributed by atoms with Crippen LogP contribution >= 0.6 is 11.8 Å². The molecule has 0 fully saturated rings. The van der Waals surface area contributed by atoms with Crippen molar-refractivity contribution in [2.24, 2.45) is 0 Å². The van der Waals surface area contributed by atoms with Crippen LogP contribution in [0, 0.1) is 13.8 Å². The predicted octanol–water partition coefficient (Wildman–Crippen LogP) is 3.39. The minimum absolute atomic E-state index is 0.00324. The molecule has 0 spiro atoms. The fourth-order valence-corrected chi connectivity index (χ4v) is 3.20. The van der Waals surface area contributed by atoms with Gasteiger partial charge < -0.3 is 10.4 Å². The average molecular weight is 383 g/mol. The molecule has 0 radical (unpaired) electrons. The summed E-state index contributed by atoms with van der Waals surface area (Å²) < 4.78 is 26.3. The predicted molar refractivity (Wildman–Crippen MR) is 95.5 cm³/mol. The molecule has 9 heteroatoms. The molecule has 0 aliphatic heterocycles. The number of nitrogens with one attached hydrogen (secondary N) is 1. The van der Waals surface area contributed by atoms with Crippen molar-refractivity contribution >= 4 is 29.3 Å². The number of halogens is 2. The Morgan fingerprint density at radius 2 is 2.08 bits per heavy atom. The molecule has 0 saturated carbocycles. The maximum atomic E-state index is 12.9. The Bertz CT molecular complexity index is 809. The van der Waals surface area contributed by atoms with Crippen LogP contribution in [-0.2, 0) is 21.8 Å². The van der Waals surface area contributed by atoms with Gasteiger partial charge in [0.15, 0.2) is 0 Å². The Morgan fingerprint density at radius 3 is 2.69 bits per heavy atom. The van der Waals surface area contributed by atoms with Crippen LogP contribution in [0.1, 0.15) is 29.1 Å². The molecule has 1 amide bonds. The van der Waals surface area contributed by atoms with Gasteiger partial charge in [-0.2, -0.15) is 13.9 Å². The van der Waals surface area contributed by atoms with Crippen molar-refractivity contribution in [2.75, 3.05) is 11.1 Å². The number of amides is 1. The summed E-state index contributed by atoms with van der Waals surface area (Å²) in [6, 6.07) is 7.07. The number of thioether (sulfide) groups is 1. The Labute approximate surface area is 153 Å². The summed E-state index contributed by atoms with van der Waals surface area (Å²) in [6.45, 7) is 0.356. The number of aliphatic carboxylic acids is 1. The first kappa shape index (κ1) is 19.9. The van der Waals surface area contributed by atoms with Crippen molar-refractivity contribution in [1.82, 2.24) is 9.78 Å². The van der Waals surface area contributed by atoms with Gasteiger partial charge in [-0.1, -0.05) is 12.1 Å². The first-order chi connectivity index (χ1) is 12.3. The highest BCUT2D eigenvalue weighted by Crippen LogP contribution is 2.21. The lowest BCUT2D eigenvalue weighted by Crippen LogP contribution is -2.15. The lowest BCUT2D eigenvalue weighted by molar-refractivity contribution is -0.133. The zero-order valence-corrected chi connectivity index (χ0v) is 15.1. The third kappa shape index (κ3) is 5.29. The maximum Gasteiger partial charge on any atom is 0.333 e. The van der Waals surface area contributed by atoms with Crippen LogP contribution in [0.5, 0.6) is 0 Å². The summed E-state index contributed by atoms with van der Waals surface area (Å²) >= 11 is 1.26. The van der Waals surface area contributed by atoms with E-state index in [4.69, 9.17) is 5.11 Å². The fraction of sp³-hybridized carbons (Fsp3) is 0.353. The number of anilines is 1. The second kappa shape index (κ2) is 8.79. The molecule has 0 aliphatic carbocycles. The van der Waals surface area contributed by atoms with E-state index in [0.717, 1.165) is 5.56 Å². The molecule has 6 nitrogen and oxygen atoms in total. The van der Waals surface area contributed by atoms with Gasteiger partial charge in [0, 0.05) is 22.7 Å². The van der Waals surface area contributed by atoms with Gasteiger partial charge >= 0.3 is 12.5 Å². The number of nitrogens with zero attached hydrogens (tertiary/aromatic N) is 2. The normalized spacial score (nSPS) is 11.0. The van der Waals surface area contributed by atoms with Gasteiger partial charge in [-0.15, -0.1) is 11.8 Å². The van der Waals surface area contributed by atoms with E-state index in [-0.39, 0.29) is 23.8 Å². The Hall–Kier alpha value is -2.42. The standard InChI is InChI=1S/C17H19F2N3O3S/c1-10-14(11(2)22(21-10)17(18)19)7-15(23)20-13-5-3-4-12(6-13)8-26-9-16(24)25/h3-6,17H,7-9H2,1-2H3,(H,20,23)(H,24,25). The number of hydrogen-bond acceptors (Lipinski definition) is 4. The Balaban J connectivity index is 2.01. The van der Waals surface area contributed by atoms with Gasteiger partial charge in [0.2, 0.25) is 5.91 Å². The summed E-state index contributed by atoms with van der Waals surface area (Å²) in [6.07, 6.45) is -0.0532. The number of carboxylic acid groups (broad SMARTS) is 1. The Morgan fingerprint density at radius 1 is 1.35 bits per heavy atom. The molecule has 0 atom stereocenters. The van der Waals surface area contributed by atoms with Crippen molar-refractivity contribution < 1.29 is 23.5 Å². The summed E-state index contributed by atoms with van der Waals surface area (Å²) in [5.41, 5.74) is 2.60. The van der Waals surface area contributed by atoms with E-state index < -0.39 is 12.5 Å². The average Bonchev–Trinajstić information content (AvgIpc) is 2.83. The smallest absolute Gasteiger partial charge is 0.333 e. The Kier molecular flexibility index (Phi) is 6.73. The van der Waals surface area contributed by atoms with Gasteiger partial charge in [-0.25, -0.2) is 4.68 Å². The molecule has 0 bridgehead atoms. The highest BCUT2D eigenvalue weighted by Gasteiger charge is 2.19. The monoisotopic (exact) mass is 383 g/mol. The molecule has 2 aromatic rings. The molecule has 1 aromatic carbocycles. The first-order valence-corrected chi connectivity index (χ1v) is 8.94. The quantitative estimate of drug-likeness (QED) is 0.730. The molecule has 1 heterocycles. The number of carboxylic acids is 1. The van der Waals surface area contributed by atoms with Crippen LogP contribution < -0.4 is 5.32 Å². The minimum atomic E-state index is -2.74. The lowest BCUT2D eigenvalue weighted by Gasteiger charge is -2.08. The SMILES string of the molecule is Cc1nn(C(F)F)c(C)c1CC(=O)Nc1cccc(CSCC(=O)O)c1. The molecule has 2 rings (SSSR count). The minimum Gasteiger partial charge on any atom is -0.481 e. The van der Waals surface area contributed by atoms with E-state index in [1.54, 1.807) is 25.1 Å². The van der Waals surface area contributed by atoms with E-state index >= 15 is 0 Å². The number of rotatable bonds is 8. The molecule has 0 aliphatic rings. The zero-order valence-electron chi connectivity index (χ0n) is 14.3. The molecule has 0 unspecified atom stereocenters. The lowest BCUT2D eigenvalue weighted by atomic mass is 10.1. The summed E-state index contributed by atoms with van der Waals surface area (Å²) in [5.74, 6) is -0.701. The van der Waals surface area contributed by atoms with E-state index in [1.165, 1.54) is 18.7 Å². The van der Waals surface area contributed by atoms with Crippen LogP contribution in [0.15, 0.2) is 24.3 Å². The molecular weight excluding hydrogens is 364 g/mol. The molecular formula is C17H19F2N3O3S. The van der Waals surface area contributed by atoms with Gasteiger partial charge in [0.25, 0.3) is 0 Å². The molecule has 140 valence electrons.